The molecule has 180 valence electrons. The van der Waals surface area contributed by atoms with Crippen molar-refractivity contribution in [1.29, 1.82) is 0 Å². The Balaban J connectivity index is 1.16. The molecule has 2 aliphatic rings. The number of halogens is 1. The van der Waals surface area contributed by atoms with Gasteiger partial charge >= 0.3 is 0 Å². The van der Waals surface area contributed by atoms with E-state index in [1.807, 2.05) is 12.1 Å². The Morgan fingerprint density at radius 2 is 1.94 bits per heavy atom. The van der Waals surface area contributed by atoms with E-state index in [-0.39, 0.29) is 5.56 Å². The van der Waals surface area contributed by atoms with Gasteiger partial charge in [-0.2, -0.15) is 0 Å². The minimum absolute atomic E-state index is 0.280. The smallest absolute Gasteiger partial charge is 0.161 e. The number of hydrogen-bond donors (Lipinski definition) is 2. The number of hydrogen-bond acceptors (Lipinski definition) is 7. The second-order valence-corrected chi connectivity index (χ2v) is 8.85. The number of aliphatic hydroxyl groups is 1. The number of nitrogens with zero attached hydrogens (tertiary/aromatic N) is 2. The lowest BCUT2D eigenvalue weighted by Gasteiger charge is -2.34. The summed E-state index contributed by atoms with van der Waals surface area (Å²) in [6.45, 7) is 3.99. The summed E-state index contributed by atoms with van der Waals surface area (Å²) in [4.78, 5) is 6.34. The van der Waals surface area contributed by atoms with Gasteiger partial charge in [-0.3, -0.25) is 4.98 Å². The fraction of sp³-hybridized carbons (Fsp3) is 0.423. The van der Waals surface area contributed by atoms with Crippen LogP contribution >= 0.6 is 0 Å². The third-order valence-electron chi connectivity index (χ3n) is 6.62. The lowest BCUT2D eigenvalue weighted by molar-refractivity contribution is 0.0925. The molecule has 1 atom stereocenters. The van der Waals surface area contributed by atoms with Gasteiger partial charge in [0.1, 0.15) is 24.8 Å². The maximum Gasteiger partial charge on any atom is 0.161 e. The first-order valence-corrected chi connectivity index (χ1v) is 11.7. The molecule has 0 spiro atoms. The van der Waals surface area contributed by atoms with Crippen molar-refractivity contribution in [1.82, 2.24) is 15.2 Å². The largest absolute Gasteiger partial charge is 0.497 e. The molecule has 0 bridgehead atoms. The van der Waals surface area contributed by atoms with Crippen LogP contribution in [0.25, 0.3) is 10.9 Å². The van der Waals surface area contributed by atoms with Crippen LogP contribution in [0, 0.1) is 5.82 Å². The van der Waals surface area contributed by atoms with Crippen LogP contribution in [-0.2, 0) is 6.54 Å². The molecular weight excluding hydrogens is 437 g/mol. The summed E-state index contributed by atoms with van der Waals surface area (Å²) in [6, 6.07) is 11.8. The highest BCUT2D eigenvalue weighted by Crippen LogP contribution is 2.31. The molecule has 34 heavy (non-hydrogen) atoms. The Bertz CT molecular complexity index is 1150. The Morgan fingerprint density at radius 1 is 1.15 bits per heavy atom. The molecule has 0 saturated carbocycles. The Morgan fingerprint density at radius 3 is 2.74 bits per heavy atom. The van der Waals surface area contributed by atoms with Crippen LogP contribution in [0.15, 0.2) is 42.6 Å². The first-order chi connectivity index (χ1) is 16.6. The van der Waals surface area contributed by atoms with Crippen molar-refractivity contribution >= 4 is 10.9 Å². The van der Waals surface area contributed by atoms with Gasteiger partial charge in [0.05, 0.1) is 24.9 Å². The van der Waals surface area contributed by atoms with Crippen molar-refractivity contribution in [3.8, 4) is 17.2 Å². The quantitative estimate of drug-likeness (QED) is 0.551. The molecule has 0 aliphatic carbocycles. The van der Waals surface area contributed by atoms with Crippen LogP contribution in [0.3, 0.4) is 0 Å². The molecule has 2 aliphatic heterocycles. The molecule has 3 heterocycles. The fourth-order valence-corrected chi connectivity index (χ4v) is 4.75. The van der Waals surface area contributed by atoms with E-state index in [1.165, 1.54) is 6.20 Å². The number of methoxy groups -OCH3 is 1. The minimum atomic E-state index is -0.945. The van der Waals surface area contributed by atoms with Crippen molar-refractivity contribution in [3.05, 3.63) is 59.5 Å². The summed E-state index contributed by atoms with van der Waals surface area (Å²) in [5.74, 6) is 1.73. The number of ether oxygens (including phenoxy) is 3. The van der Waals surface area contributed by atoms with E-state index in [9.17, 15) is 9.50 Å². The van der Waals surface area contributed by atoms with E-state index < -0.39 is 11.9 Å². The monoisotopic (exact) mass is 467 g/mol. The van der Waals surface area contributed by atoms with Crippen LogP contribution in [0.5, 0.6) is 17.2 Å². The van der Waals surface area contributed by atoms with E-state index in [2.05, 4.69) is 21.3 Å². The summed E-state index contributed by atoms with van der Waals surface area (Å²) in [5.41, 5.74) is 2.08. The molecule has 3 aromatic rings. The van der Waals surface area contributed by atoms with E-state index in [0.29, 0.717) is 42.5 Å². The number of piperidine rings is 1. The van der Waals surface area contributed by atoms with Crippen molar-refractivity contribution in [3.63, 3.8) is 0 Å². The maximum atomic E-state index is 14.7. The summed E-state index contributed by atoms with van der Waals surface area (Å²) in [5, 5.41) is 15.2. The van der Waals surface area contributed by atoms with Gasteiger partial charge in [-0.05, 0) is 61.8 Å². The number of β-amino-alcohol motifs (C(OH)–C–C–N with tert-alkyl or cyclic N) is 1. The van der Waals surface area contributed by atoms with Crippen LogP contribution < -0.4 is 19.5 Å². The molecule has 0 radical (unpaired) electrons. The van der Waals surface area contributed by atoms with Gasteiger partial charge in [0.2, 0.25) is 0 Å². The lowest BCUT2D eigenvalue weighted by Crippen LogP contribution is -2.43. The average Bonchev–Trinajstić information content (AvgIpc) is 2.87. The third-order valence-corrected chi connectivity index (χ3v) is 6.62. The van der Waals surface area contributed by atoms with E-state index in [0.717, 1.165) is 49.5 Å². The molecule has 1 aromatic heterocycles. The second kappa shape index (κ2) is 10.1. The van der Waals surface area contributed by atoms with Gasteiger partial charge in [-0.1, -0.05) is 6.07 Å². The zero-order chi connectivity index (χ0) is 23.5. The molecule has 2 aromatic carbocycles. The highest BCUT2D eigenvalue weighted by atomic mass is 19.1. The normalized spacial score (nSPS) is 17.6. The number of aromatic nitrogens is 1. The van der Waals surface area contributed by atoms with Gasteiger partial charge in [0, 0.05) is 30.1 Å². The SMILES string of the molecule is COc1ccc2ncc(F)c([C@H](O)CN3CCC(NCc4ccc5c(c4)OCCO5)CC3)c2c1. The van der Waals surface area contributed by atoms with Gasteiger partial charge in [0.15, 0.2) is 11.5 Å². The van der Waals surface area contributed by atoms with Gasteiger partial charge in [0.25, 0.3) is 0 Å². The van der Waals surface area contributed by atoms with Crippen molar-refractivity contribution in [2.45, 2.75) is 31.5 Å². The predicted octanol–water partition coefficient (Wildman–Crippen LogP) is 3.44. The molecule has 8 heteroatoms. The van der Waals surface area contributed by atoms with E-state index >= 15 is 0 Å². The number of rotatable bonds is 7. The second-order valence-electron chi connectivity index (χ2n) is 8.85. The fourth-order valence-electron chi connectivity index (χ4n) is 4.75. The number of likely N-dealkylation sites (tertiary alicyclic amines) is 1. The zero-order valence-corrected chi connectivity index (χ0v) is 19.3. The van der Waals surface area contributed by atoms with Crippen LogP contribution in [0.1, 0.15) is 30.1 Å². The average molecular weight is 468 g/mol. The molecule has 7 nitrogen and oxygen atoms in total. The summed E-state index contributed by atoms with van der Waals surface area (Å²) in [7, 11) is 1.57. The third kappa shape index (κ3) is 4.94. The first-order valence-electron chi connectivity index (χ1n) is 11.7. The molecule has 0 amide bonds. The molecule has 2 N–H and O–H groups in total. The van der Waals surface area contributed by atoms with Crippen molar-refractivity contribution in [2.75, 3.05) is 40.0 Å². The minimum Gasteiger partial charge on any atom is -0.497 e. The lowest BCUT2D eigenvalue weighted by atomic mass is 10.0. The first kappa shape index (κ1) is 22.8. The number of fused-ring (bicyclic) bond motifs is 2. The molecule has 0 unspecified atom stereocenters. The Hall–Kier alpha value is -2.94. The van der Waals surface area contributed by atoms with Crippen LogP contribution in [-0.4, -0.2) is 61.0 Å². The van der Waals surface area contributed by atoms with E-state index in [4.69, 9.17) is 14.2 Å². The van der Waals surface area contributed by atoms with Gasteiger partial charge in [-0.25, -0.2) is 4.39 Å². The molecular formula is C26H30FN3O4. The van der Waals surface area contributed by atoms with Crippen molar-refractivity contribution < 1.29 is 23.7 Å². The van der Waals surface area contributed by atoms with Gasteiger partial charge < -0.3 is 29.5 Å². The number of nitrogens with one attached hydrogen (secondary N) is 1. The van der Waals surface area contributed by atoms with E-state index in [1.54, 1.807) is 25.3 Å². The Kier molecular flexibility index (Phi) is 6.80. The summed E-state index contributed by atoms with van der Waals surface area (Å²) in [6.07, 6.45) is 2.16. The van der Waals surface area contributed by atoms with Crippen molar-refractivity contribution in [2.24, 2.45) is 0 Å². The highest BCUT2D eigenvalue weighted by Gasteiger charge is 2.24. The predicted molar refractivity (Wildman–Crippen MR) is 127 cm³/mol. The summed E-state index contributed by atoms with van der Waals surface area (Å²) < 4.78 is 31.2. The van der Waals surface area contributed by atoms with Crippen LogP contribution in [0.2, 0.25) is 0 Å². The Labute approximate surface area is 198 Å². The van der Waals surface area contributed by atoms with Crippen LogP contribution in [0.4, 0.5) is 4.39 Å². The molecule has 1 fully saturated rings. The topological polar surface area (TPSA) is 76.1 Å². The standard InChI is InChI=1S/C26H30FN3O4/c1-32-19-3-4-22-20(13-19)26(21(27)15-29-22)23(31)16-30-8-6-18(7-9-30)28-14-17-2-5-24-25(12-17)34-11-10-33-24/h2-5,12-13,15,18,23,28,31H,6-11,14,16H2,1H3/t23-/m1/s1. The number of aliphatic hydroxyl groups excluding tert-OH is 1. The highest BCUT2D eigenvalue weighted by molar-refractivity contribution is 5.84. The molecule has 1 saturated heterocycles. The van der Waals surface area contributed by atoms with Gasteiger partial charge in [-0.15, -0.1) is 0 Å². The zero-order valence-electron chi connectivity index (χ0n) is 19.3. The maximum absolute atomic E-state index is 14.7. The summed E-state index contributed by atoms with van der Waals surface area (Å²) >= 11 is 0. The molecule has 5 rings (SSSR count). The number of pyridine rings is 1. The number of benzene rings is 2.